The third kappa shape index (κ3) is 6.92. The van der Waals surface area contributed by atoms with Crippen molar-refractivity contribution < 1.29 is 24.2 Å². The lowest BCUT2D eigenvalue weighted by molar-refractivity contribution is -0.136. The highest BCUT2D eigenvalue weighted by molar-refractivity contribution is 6.39. The molecule has 0 radical (unpaired) electrons. The van der Waals surface area contributed by atoms with Crippen LogP contribution in [-0.2, 0) is 22.7 Å². The van der Waals surface area contributed by atoms with E-state index in [0.29, 0.717) is 64.8 Å². The summed E-state index contributed by atoms with van der Waals surface area (Å²) >= 11 is 14.1. The van der Waals surface area contributed by atoms with Crippen LogP contribution in [0.4, 0.5) is 0 Å². The summed E-state index contributed by atoms with van der Waals surface area (Å²) in [4.78, 5) is 34.3. The van der Waals surface area contributed by atoms with Gasteiger partial charge in [-0.05, 0) is 18.6 Å². The van der Waals surface area contributed by atoms with Crippen molar-refractivity contribution in [1.29, 1.82) is 0 Å². The van der Waals surface area contributed by atoms with Crippen molar-refractivity contribution in [3.8, 4) is 45.4 Å². The van der Waals surface area contributed by atoms with Crippen LogP contribution in [0.2, 0.25) is 10.0 Å². The van der Waals surface area contributed by atoms with E-state index in [1.165, 1.54) is 0 Å². The molecular formula is C35H35Cl2N5O5. The van der Waals surface area contributed by atoms with E-state index < -0.39 is 5.97 Å². The summed E-state index contributed by atoms with van der Waals surface area (Å²) in [7, 11) is 3.15. The Balaban J connectivity index is 1.23. The minimum atomic E-state index is -0.861. The van der Waals surface area contributed by atoms with Crippen LogP contribution < -0.4 is 20.1 Å². The molecule has 6 rings (SSSR count). The molecule has 4 aromatic rings. The summed E-state index contributed by atoms with van der Waals surface area (Å²) in [6.07, 6.45) is 1.50. The second kappa shape index (κ2) is 13.9. The Hall–Kier alpha value is -4.22. The maximum absolute atomic E-state index is 11.7. The Labute approximate surface area is 283 Å². The number of carbonyl (C=O) groups excluding carboxylic acids is 1. The van der Waals surface area contributed by atoms with Gasteiger partial charge >= 0.3 is 5.97 Å². The Kier molecular flexibility index (Phi) is 9.65. The quantitative estimate of drug-likeness (QED) is 0.159. The number of pyridine rings is 2. The predicted molar refractivity (Wildman–Crippen MR) is 181 cm³/mol. The van der Waals surface area contributed by atoms with Crippen molar-refractivity contribution in [3.63, 3.8) is 0 Å². The van der Waals surface area contributed by atoms with Crippen molar-refractivity contribution in [1.82, 2.24) is 25.5 Å². The van der Waals surface area contributed by atoms with Gasteiger partial charge in [0, 0.05) is 72.5 Å². The zero-order valence-electron chi connectivity index (χ0n) is 26.1. The molecule has 0 unspecified atom stereocenters. The van der Waals surface area contributed by atoms with Gasteiger partial charge in [0.1, 0.15) is 0 Å². The molecule has 47 heavy (non-hydrogen) atoms. The molecule has 2 saturated heterocycles. The molecule has 1 spiro atoms. The number of rotatable bonds is 12. The lowest BCUT2D eigenvalue weighted by Gasteiger charge is -2.48. The molecule has 2 fully saturated rings. The summed E-state index contributed by atoms with van der Waals surface area (Å²) in [5, 5.41) is 16.1. The average Bonchev–Trinajstić information content (AvgIpc) is 3.45. The SMILES string of the molecule is COc1nc(-c2cccc(-c3cccc(-c4ccc(CN5CC6(CCC(=O)N6)C5)c(OC)n4)c3Cl)c2Cl)ccc1CNCCC(=O)O. The molecular weight excluding hydrogens is 641 g/mol. The largest absolute Gasteiger partial charge is 0.481 e. The third-order valence-electron chi connectivity index (χ3n) is 8.62. The monoisotopic (exact) mass is 675 g/mol. The van der Waals surface area contributed by atoms with Gasteiger partial charge in [0.15, 0.2) is 0 Å². The number of aliphatic carboxylic acids is 1. The molecule has 0 bridgehead atoms. The fourth-order valence-electron chi connectivity index (χ4n) is 6.31. The fourth-order valence-corrected chi connectivity index (χ4v) is 6.96. The fraction of sp³-hybridized carbons (Fsp3) is 0.314. The molecule has 1 amide bonds. The number of carbonyl (C=O) groups is 2. The first kappa shape index (κ1) is 32.7. The first-order valence-electron chi connectivity index (χ1n) is 15.3. The Bertz CT molecular complexity index is 1830. The summed E-state index contributed by atoms with van der Waals surface area (Å²) in [5.74, 6) is 0.225. The van der Waals surface area contributed by atoms with Gasteiger partial charge in [0.05, 0.1) is 47.6 Å². The molecule has 12 heteroatoms. The van der Waals surface area contributed by atoms with E-state index >= 15 is 0 Å². The number of carboxylic acid groups (broad SMARTS) is 1. The van der Waals surface area contributed by atoms with Gasteiger partial charge in [-0.3, -0.25) is 14.5 Å². The number of carboxylic acids is 1. The van der Waals surface area contributed by atoms with E-state index in [0.717, 1.165) is 47.3 Å². The van der Waals surface area contributed by atoms with Gasteiger partial charge in [-0.25, -0.2) is 9.97 Å². The van der Waals surface area contributed by atoms with E-state index in [2.05, 4.69) is 15.5 Å². The number of ether oxygens (including phenoxy) is 2. The number of methoxy groups -OCH3 is 2. The molecule has 10 nitrogen and oxygen atoms in total. The maximum Gasteiger partial charge on any atom is 0.304 e. The van der Waals surface area contributed by atoms with Crippen LogP contribution in [0.25, 0.3) is 33.6 Å². The third-order valence-corrected chi connectivity index (χ3v) is 9.43. The molecule has 0 aliphatic carbocycles. The van der Waals surface area contributed by atoms with Gasteiger partial charge < -0.3 is 25.2 Å². The number of halogens is 2. The van der Waals surface area contributed by atoms with Gasteiger partial charge in [-0.1, -0.05) is 71.7 Å². The lowest BCUT2D eigenvalue weighted by Crippen LogP contribution is -2.66. The summed E-state index contributed by atoms with van der Waals surface area (Å²) in [6.45, 7) is 3.05. The van der Waals surface area contributed by atoms with Crippen LogP contribution in [0.3, 0.4) is 0 Å². The molecule has 0 atom stereocenters. The second-order valence-corrected chi connectivity index (χ2v) is 12.6. The first-order valence-corrected chi connectivity index (χ1v) is 16.1. The van der Waals surface area contributed by atoms with Crippen LogP contribution in [-0.4, -0.2) is 71.2 Å². The maximum atomic E-state index is 11.7. The standard InChI is InChI=1S/C35H35Cl2N5O5/c1-46-33-21(17-38-16-14-30(44)45)9-11-27(39-33)25-7-3-5-23(31(25)36)24-6-4-8-26(32(24)37)28-12-10-22(34(40-28)47-2)18-42-19-35(20-42)15-13-29(43)41-35/h3-12,38H,13-20H2,1-2H3,(H,41,43)(H,44,45). The number of hydrogen-bond acceptors (Lipinski definition) is 8. The zero-order chi connectivity index (χ0) is 33.1. The van der Waals surface area contributed by atoms with E-state index in [4.69, 9.17) is 47.8 Å². The highest BCUT2D eigenvalue weighted by atomic mass is 35.5. The summed E-state index contributed by atoms with van der Waals surface area (Å²) < 4.78 is 11.2. The summed E-state index contributed by atoms with van der Waals surface area (Å²) in [6, 6.07) is 19.2. The molecule has 2 aliphatic heterocycles. The number of likely N-dealkylation sites (tertiary alicyclic amines) is 1. The number of benzene rings is 2. The van der Waals surface area contributed by atoms with Crippen molar-refractivity contribution in [2.75, 3.05) is 33.9 Å². The van der Waals surface area contributed by atoms with E-state index in [9.17, 15) is 9.59 Å². The lowest BCUT2D eigenvalue weighted by atomic mass is 9.88. The number of amides is 1. The second-order valence-electron chi connectivity index (χ2n) is 11.9. The van der Waals surface area contributed by atoms with Crippen LogP contribution in [0.1, 0.15) is 30.4 Å². The van der Waals surface area contributed by atoms with Crippen LogP contribution in [0.5, 0.6) is 11.8 Å². The van der Waals surface area contributed by atoms with Crippen molar-refractivity contribution in [3.05, 3.63) is 81.8 Å². The van der Waals surface area contributed by atoms with Gasteiger partial charge in [-0.15, -0.1) is 0 Å². The topological polar surface area (TPSA) is 126 Å². The molecule has 4 heterocycles. The predicted octanol–water partition coefficient (Wildman–Crippen LogP) is 5.83. The molecule has 2 aliphatic rings. The molecule has 3 N–H and O–H groups in total. The van der Waals surface area contributed by atoms with Crippen LogP contribution in [0, 0.1) is 0 Å². The van der Waals surface area contributed by atoms with Gasteiger partial charge in [-0.2, -0.15) is 0 Å². The van der Waals surface area contributed by atoms with Gasteiger partial charge in [0.2, 0.25) is 17.7 Å². The highest BCUT2D eigenvalue weighted by Gasteiger charge is 2.47. The van der Waals surface area contributed by atoms with Gasteiger partial charge in [0.25, 0.3) is 0 Å². The minimum absolute atomic E-state index is 0.0249. The van der Waals surface area contributed by atoms with E-state index in [1.54, 1.807) is 14.2 Å². The number of nitrogens with zero attached hydrogens (tertiary/aromatic N) is 3. The number of nitrogens with one attached hydrogen (secondary N) is 2. The first-order chi connectivity index (χ1) is 22.7. The van der Waals surface area contributed by atoms with Crippen molar-refractivity contribution in [2.45, 2.75) is 37.9 Å². The minimum Gasteiger partial charge on any atom is -0.481 e. The average molecular weight is 677 g/mol. The number of aromatic nitrogens is 2. The molecule has 2 aromatic carbocycles. The zero-order valence-corrected chi connectivity index (χ0v) is 27.6. The van der Waals surface area contributed by atoms with Crippen molar-refractivity contribution >= 4 is 35.1 Å². The van der Waals surface area contributed by atoms with Crippen LogP contribution in [0.15, 0.2) is 60.7 Å². The van der Waals surface area contributed by atoms with Crippen LogP contribution >= 0.6 is 23.2 Å². The molecule has 244 valence electrons. The van der Waals surface area contributed by atoms with Crippen molar-refractivity contribution in [2.24, 2.45) is 0 Å². The number of hydrogen-bond donors (Lipinski definition) is 3. The highest BCUT2D eigenvalue weighted by Crippen LogP contribution is 2.42. The normalized spacial score (nSPS) is 15.4. The Morgan fingerprint density at radius 1 is 0.894 bits per heavy atom. The van der Waals surface area contributed by atoms with E-state index in [1.807, 2.05) is 60.7 Å². The molecule has 2 aromatic heterocycles. The smallest absolute Gasteiger partial charge is 0.304 e. The summed E-state index contributed by atoms with van der Waals surface area (Å²) in [5.41, 5.74) is 5.92. The molecule has 0 saturated carbocycles. The Morgan fingerprint density at radius 2 is 1.45 bits per heavy atom. The van der Waals surface area contributed by atoms with E-state index in [-0.39, 0.29) is 17.9 Å². The Morgan fingerprint density at radius 3 is 1.98 bits per heavy atom.